The van der Waals surface area contributed by atoms with Gasteiger partial charge in [-0.05, 0) is 35.8 Å². The Kier molecular flexibility index (Phi) is 5.60. The molecular weight excluding hydrogens is 272 g/mol. The number of hydrogen-bond donors (Lipinski definition) is 0. The molecule has 3 nitrogen and oxygen atoms in total. The van der Waals surface area contributed by atoms with Crippen molar-refractivity contribution in [1.82, 2.24) is 0 Å². The monoisotopic (exact) mass is 292 g/mol. The van der Waals surface area contributed by atoms with E-state index in [0.29, 0.717) is 11.6 Å². The minimum Gasteiger partial charge on any atom is -0.857 e. The van der Waals surface area contributed by atoms with Crippen LogP contribution < -0.4 is 5.11 Å². The van der Waals surface area contributed by atoms with Gasteiger partial charge in [0, 0.05) is 16.5 Å². The largest absolute Gasteiger partial charge is 0.857 e. The average Bonchev–Trinajstić information content (AvgIpc) is 2.78. The van der Waals surface area contributed by atoms with Gasteiger partial charge in [0.05, 0.1) is 5.92 Å². The molecule has 0 saturated carbocycles. The topological polar surface area (TPSA) is 38.4 Å². The zero-order valence-electron chi connectivity index (χ0n) is 11.9. The van der Waals surface area contributed by atoms with E-state index in [2.05, 4.69) is 12.0 Å². The fourth-order valence-electron chi connectivity index (χ4n) is 2.39. The predicted octanol–water partition coefficient (Wildman–Crippen LogP) is 3.05. The van der Waals surface area contributed by atoms with E-state index in [1.54, 1.807) is 4.68 Å². The van der Waals surface area contributed by atoms with Crippen LogP contribution in [0.25, 0.3) is 0 Å². The van der Waals surface area contributed by atoms with Crippen molar-refractivity contribution < 1.29 is 9.79 Å². The van der Waals surface area contributed by atoms with E-state index in [-0.39, 0.29) is 11.8 Å². The van der Waals surface area contributed by atoms with Gasteiger partial charge in [0.25, 0.3) is 0 Å². The van der Waals surface area contributed by atoms with E-state index in [4.69, 9.17) is 11.6 Å². The third-order valence-corrected chi connectivity index (χ3v) is 3.81. The quantitative estimate of drug-likeness (QED) is 0.587. The molecule has 0 aromatic heterocycles. The van der Waals surface area contributed by atoms with Crippen molar-refractivity contribution in [3.63, 3.8) is 0 Å². The van der Waals surface area contributed by atoms with E-state index in [0.717, 1.165) is 18.4 Å². The van der Waals surface area contributed by atoms with Gasteiger partial charge in [-0.15, -0.1) is 0 Å². The zero-order valence-corrected chi connectivity index (χ0v) is 12.6. The molecule has 0 aliphatic carbocycles. The van der Waals surface area contributed by atoms with Crippen LogP contribution in [-0.4, -0.2) is 23.3 Å². The molecule has 0 amide bonds. The van der Waals surface area contributed by atoms with Crippen LogP contribution in [-0.2, 0) is 0 Å². The number of halogens is 1. The summed E-state index contributed by atoms with van der Waals surface area (Å²) in [4.78, 5) is 0. The summed E-state index contributed by atoms with van der Waals surface area (Å²) in [6.07, 6.45) is 7.65. The van der Waals surface area contributed by atoms with Crippen LogP contribution in [0.3, 0.4) is 0 Å². The average molecular weight is 293 g/mol. The van der Waals surface area contributed by atoms with Crippen molar-refractivity contribution in [3.05, 3.63) is 34.9 Å². The number of hydrazone groups is 1. The smallest absolute Gasteiger partial charge is 0.203 e. The summed E-state index contributed by atoms with van der Waals surface area (Å²) >= 11 is 5.85. The fourth-order valence-corrected chi connectivity index (χ4v) is 2.51. The summed E-state index contributed by atoms with van der Waals surface area (Å²) in [5, 5.41) is 16.6. The fraction of sp³-hybridized carbons (Fsp3) is 0.500. The van der Waals surface area contributed by atoms with Crippen molar-refractivity contribution in [3.8, 4) is 0 Å². The molecule has 0 bridgehead atoms. The van der Waals surface area contributed by atoms with Gasteiger partial charge in [0.15, 0.2) is 6.54 Å². The van der Waals surface area contributed by atoms with E-state index >= 15 is 0 Å². The highest BCUT2D eigenvalue weighted by atomic mass is 35.5. The minimum atomic E-state index is 0.0201. The van der Waals surface area contributed by atoms with Gasteiger partial charge in [-0.25, -0.2) is 0 Å². The lowest BCUT2D eigenvalue weighted by Crippen LogP contribution is -2.25. The summed E-state index contributed by atoms with van der Waals surface area (Å²) in [6, 6.07) is 7.54. The van der Waals surface area contributed by atoms with Crippen molar-refractivity contribution >= 4 is 23.7 Å². The van der Waals surface area contributed by atoms with Gasteiger partial charge in [-0.1, -0.05) is 48.9 Å². The minimum absolute atomic E-state index is 0.0201. The molecule has 1 heterocycles. The van der Waals surface area contributed by atoms with E-state index in [1.807, 2.05) is 30.5 Å². The molecule has 108 valence electrons. The summed E-state index contributed by atoms with van der Waals surface area (Å²) in [5.74, 6) is 0.0853. The summed E-state index contributed by atoms with van der Waals surface area (Å²) in [7, 11) is 0. The molecule has 0 saturated heterocycles. The maximum atomic E-state index is 11.8. The molecule has 0 N–H and O–H groups in total. The molecule has 4 heteroatoms. The molecule has 0 spiro atoms. The van der Waals surface area contributed by atoms with Crippen LogP contribution in [0.15, 0.2) is 29.4 Å². The highest BCUT2D eigenvalue weighted by molar-refractivity contribution is 6.30. The molecular formula is C16H21ClN2O. The first kappa shape index (κ1) is 15.0. The Morgan fingerprint density at radius 1 is 1.30 bits per heavy atom. The Labute approximate surface area is 125 Å². The molecule has 1 atom stereocenters. The Bertz CT molecular complexity index is 494. The lowest BCUT2D eigenvalue weighted by atomic mass is 10.0. The SMILES string of the molecule is CCCCCC[C@H]1C/[N+](=C/c2ccc(Cl)cc2)N=C1[O-]. The van der Waals surface area contributed by atoms with E-state index in [9.17, 15) is 5.11 Å². The second-order valence-electron chi connectivity index (χ2n) is 5.29. The van der Waals surface area contributed by atoms with Crippen LogP contribution in [0.4, 0.5) is 0 Å². The first-order valence-electron chi connectivity index (χ1n) is 7.31. The Balaban J connectivity index is 1.91. The summed E-state index contributed by atoms with van der Waals surface area (Å²) < 4.78 is 1.76. The van der Waals surface area contributed by atoms with Gasteiger partial charge in [0.2, 0.25) is 6.21 Å². The molecule has 1 aromatic rings. The third kappa shape index (κ3) is 4.34. The summed E-state index contributed by atoms with van der Waals surface area (Å²) in [5.41, 5.74) is 1.01. The van der Waals surface area contributed by atoms with Crippen LogP contribution in [0.2, 0.25) is 5.02 Å². The first-order valence-corrected chi connectivity index (χ1v) is 7.69. The molecule has 1 aliphatic heterocycles. The maximum Gasteiger partial charge on any atom is 0.203 e. The molecule has 0 unspecified atom stereocenters. The van der Waals surface area contributed by atoms with E-state index < -0.39 is 0 Å². The molecule has 0 fully saturated rings. The third-order valence-electron chi connectivity index (χ3n) is 3.56. The number of nitrogens with zero attached hydrogens (tertiary/aromatic N) is 2. The van der Waals surface area contributed by atoms with Gasteiger partial charge in [-0.2, -0.15) is 0 Å². The second kappa shape index (κ2) is 7.44. The summed E-state index contributed by atoms with van der Waals surface area (Å²) in [6.45, 7) is 2.90. The molecule has 1 aliphatic rings. The standard InChI is InChI=1S/C16H21ClN2O/c1-2-3-4-5-6-14-12-19(18-16(14)20)11-13-7-9-15(17)10-8-13/h7-11,14H,2-6,12H2,1H3/b19-11-/t14-/m0/s1. The molecule has 20 heavy (non-hydrogen) atoms. The van der Waals surface area contributed by atoms with Crippen LogP contribution in [0.1, 0.15) is 44.6 Å². The van der Waals surface area contributed by atoms with Crippen LogP contribution in [0.5, 0.6) is 0 Å². The Morgan fingerprint density at radius 2 is 2.05 bits per heavy atom. The second-order valence-corrected chi connectivity index (χ2v) is 5.72. The van der Waals surface area contributed by atoms with Gasteiger partial charge in [-0.3, -0.25) is 0 Å². The highest BCUT2D eigenvalue weighted by Crippen LogP contribution is 2.16. The lowest BCUT2D eigenvalue weighted by Gasteiger charge is -2.10. The Morgan fingerprint density at radius 3 is 2.75 bits per heavy atom. The van der Waals surface area contributed by atoms with Crippen molar-refractivity contribution in [2.75, 3.05) is 6.54 Å². The van der Waals surface area contributed by atoms with Crippen molar-refractivity contribution in [2.24, 2.45) is 11.0 Å². The van der Waals surface area contributed by atoms with Gasteiger partial charge >= 0.3 is 0 Å². The van der Waals surface area contributed by atoms with Gasteiger partial charge < -0.3 is 5.11 Å². The van der Waals surface area contributed by atoms with Crippen LogP contribution in [0, 0.1) is 5.92 Å². The first-order chi connectivity index (χ1) is 9.69. The number of hydrogen-bond acceptors (Lipinski definition) is 2. The van der Waals surface area contributed by atoms with E-state index in [1.165, 1.54) is 19.3 Å². The number of rotatable bonds is 6. The maximum absolute atomic E-state index is 11.8. The van der Waals surface area contributed by atoms with Crippen molar-refractivity contribution in [1.29, 1.82) is 0 Å². The Hall–Kier alpha value is -1.35. The number of unbranched alkanes of at least 4 members (excludes halogenated alkanes) is 3. The predicted molar refractivity (Wildman–Crippen MR) is 81.4 cm³/mol. The highest BCUT2D eigenvalue weighted by Gasteiger charge is 2.24. The zero-order chi connectivity index (χ0) is 14.4. The lowest BCUT2D eigenvalue weighted by molar-refractivity contribution is -0.523. The van der Waals surface area contributed by atoms with Crippen molar-refractivity contribution in [2.45, 2.75) is 39.0 Å². The number of benzene rings is 1. The molecule has 2 rings (SSSR count). The van der Waals surface area contributed by atoms with Gasteiger partial charge in [0.1, 0.15) is 0 Å². The molecule has 0 radical (unpaired) electrons. The molecule has 1 aromatic carbocycles. The van der Waals surface area contributed by atoms with Crippen LogP contribution >= 0.6 is 11.6 Å². The normalized spacial score (nSPS) is 20.4.